The van der Waals surface area contributed by atoms with Gasteiger partial charge in [-0.3, -0.25) is 0 Å². The lowest BCUT2D eigenvalue weighted by atomic mass is 10.1. The highest BCUT2D eigenvalue weighted by atomic mass is 16.3. The van der Waals surface area contributed by atoms with Crippen molar-refractivity contribution in [2.24, 2.45) is 5.73 Å². The first-order valence-electron chi connectivity index (χ1n) is 3.54. The minimum Gasteiger partial charge on any atom is -0.508 e. The van der Waals surface area contributed by atoms with Crippen LogP contribution in [0.25, 0.3) is 0 Å². The van der Waals surface area contributed by atoms with Crippen LogP contribution in [0.1, 0.15) is 11.6 Å². The Labute approximate surface area is 70.8 Å². The largest absolute Gasteiger partial charge is 0.508 e. The zero-order valence-electron chi connectivity index (χ0n) is 6.57. The van der Waals surface area contributed by atoms with Crippen LogP contribution in [0.5, 0.6) is 11.5 Å². The zero-order valence-corrected chi connectivity index (χ0v) is 6.57. The van der Waals surface area contributed by atoms with Gasteiger partial charge in [0.25, 0.3) is 0 Å². The summed E-state index contributed by atoms with van der Waals surface area (Å²) >= 11 is 0. The fraction of sp³-hybridized carbons (Fsp3) is 0.111. The highest BCUT2D eigenvalue weighted by Crippen LogP contribution is 2.23. The van der Waals surface area contributed by atoms with Gasteiger partial charge < -0.3 is 15.9 Å². The van der Waals surface area contributed by atoms with Crippen molar-refractivity contribution in [3.05, 3.63) is 36.4 Å². The average Bonchev–Trinajstić information content (AvgIpc) is 2.01. The van der Waals surface area contributed by atoms with Crippen molar-refractivity contribution >= 4 is 0 Å². The first kappa shape index (κ1) is 8.62. The average molecular weight is 165 g/mol. The molecule has 0 aliphatic heterocycles. The van der Waals surface area contributed by atoms with Crippen LogP contribution in [0.3, 0.4) is 0 Å². The van der Waals surface area contributed by atoms with Gasteiger partial charge in [0.2, 0.25) is 0 Å². The summed E-state index contributed by atoms with van der Waals surface area (Å²) in [6.45, 7) is 3.51. The molecule has 0 aromatic heterocycles. The van der Waals surface area contributed by atoms with Gasteiger partial charge in [-0.1, -0.05) is 6.08 Å². The summed E-state index contributed by atoms with van der Waals surface area (Å²) in [6, 6.07) is 3.88. The molecule has 1 rings (SSSR count). The lowest BCUT2D eigenvalue weighted by Crippen LogP contribution is -2.05. The molecule has 1 unspecified atom stereocenters. The molecule has 0 bridgehead atoms. The van der Waals surface area contributed by atoms with Crippen molar-refractivity contribution in [1.29, 1.82) is 0 Å². The van der Waals surface area contributed by atoms with Crippen molar-refractivity contribution < 1.29 is 10.2 Å². The molecule has 3 nitrogen and oxygen atoms in total. The van der Waals surface area contributed by atoms with E-state index in [1.54, 1.807) is 0 Å². The molecule has 0 radical (unpaired) electrons. The molecule has 0 saturated carbocycles. The number of nitrogens with two attached hydrogens (primary N) is 1. The monoisotopic (exact) mass is 165 g/mol. The van der Waals surface area contributed by atoms with Gasteiger partial charge in [0.15, 0.2) is 0 Å². The normalized spacial score (nSPS) is 12.4. The van der Waals surface area contributed by atoms with Crippen molar-refractivity contribution in [1.82, 2.24) is 0 Å². The summed E-state index contributed by atoms with van der Waals surface area (Å²) in [4.78, 5) is 0. The predicted molar refractivity (Wildman–Crippen MR) is 46.9 cm³/mol. The van der Waals surface area contributed by atoms with Gasteiger partial charge in [0, 0.05) is 12.1 Å². The van der Waals surface area contributed by atoms with Crippen molar-refractivity contribution in [3.63, 3.8) is 0 Å². The van der Waals surface area contributed by atoms with Gasteiger partial charge >= 0.3 is 0 Å². The van der Waals surface area contributed by atoms with Crippen LogP contribution in [-0.2, 0) is 0 Å². The van der Waals surface area contributed by atoms with Gasteiger partial charge in [-0.05, 0) is 17.7 Å². The van der Waals surface area contributed by atoms with Gasteiger partial charge in [0.05, 0.1) is 0 Å². The van der Waals surface area contributed by atoms with E-state index in [1.807, 2.05) is 0 Å². The van der Waals surface area contributed by atoms with Crippen LogP contribution in [0.15, 0.2) is 30.9 Å². The maximum absolute atomic E-state index is 9.09. The molecule has 0 amide bonds. The van der Waals surface area contributed by atoms with E-state index in [-0.39, 0.29) is 17.5 Å². The standard InChI is InChI=1S/C9H11NO2/c1-2-9(10)6-3-7(11)5-8(12)4-6/h2-5,9,11-12H,1,10H2. The fourth-order valence-corrected chi connectivity index (χ4v) is 0.947. The molecule has 1 aromatic rings. The summed E-state index contributed by atoms with van der Waals surface area (Å²) in [5.74, 6) is 0.00426. The Kier molecular flexibility index (Phi) is 2.35. The van der Waals surface area contributed by atoms with E-state index in [0.717, 1.165) is 0 Å². The second-order valence-corrected chi connectivity index (χ2v) is 2.54. The number of hydrogen-bond donors (Lipinski definition) is 3. The Morgan fingerprint density at radius 1 is 1.25 bits per heavy atom. The van der Waals surface area contributed by atoms with Crippen molar-refractivity contribution in [2.75, 3.05) is 0 Å². The Hall–Kier alpha value is -1.48. The molecule has 0 aliphatic rings. The summed E-state index contributed by atoms with van der Waals surface area (Å²) < 4.78 is 0. The first-order valence-corrected chi connectivity index (χ1v) is 3.54. The summed E-state index contributed by atoms with van der Waals surface area (Å²) in [6.07, 6.45) is 1.54. The smallest absolute Gasteiger partial charge is 0.119 e. The minimum absolute atomic E-state index is 0.00213. The molecular weight excluding hydrogens is 154 g/mol. The molecule has 3 heteroatoms. The molecular formula is C9H11NO2. The number of rotatable bonds is 2. The van der Waals surface area contributed by atoms with Gasteiger partial charge in [-0.15, -0.1) is 6.58 Å². The van der Waals surface area contributed by atoms with E-state index < -0.39 is 0 Å². The van der Waals surface area contributed by atoms with E-state index in [9.17, 15) is 0 Å². The van der Waals surface area contributed by atoms with Crippen LogP contribution in [-0.4, -0.2) is 10.2 Å². The van der Waals surface area contributed by atoms with Crippen LogP contribution < -0.4 is 5.73 Å². The van der Waals surface area contributed by atoms with Gasteiger partial charge in [-0.2, -0.15) is 0 Å². The highest BCUT2D eigenvalue weighted by molar-refractivity contribution is 5.38. The minimum atomic E-state index is -0.358. The third-order valence-electron chi connectivity index (χ3n) is 1.56. The molecule has 1 atom stereocenters. The number of phenolic OH excluding ortho intramolecular Hbond substituents is 2. The van der Waals surface area contributed by atoms with Crippen LogP contribution >= 0.6 is 0 Å². The number of aromatic hydroxyl groups is 2. The van der Waals surface area contributed by atoms with Crippen LogP contribution in [0, 0.1) is 0 Å². The van der Waals surface area contributed by atoms with E-state index in [4.69, 9.17) is 15.9 Å². The van der Waals surface area contributed by atoms with Gasteiger partial charge in [-0.25, -0.2) is 0 Å². The molecule has 0 aliphatic carbocycles. The van der Waals surface area contributed by atoms with E-state index in [0.29, 0.717) is 5.56 Å². The topological polar surface area (TPSA) is 66.5 Å². The Morgan fingerprint density at radius 2 is 1.75 bits per heavy atom. The molecule has 0 fully saturated rings. The van der Waals surface area contributed by atoms with Crippen LogP contribution in [0.2, 0.25) is 0 Å². The summed E-state index contributed by atoms with van der Waals surface area (Å²) in [5, 5.41) is 18.2. The predicted octanol–water partition coefficient (Wildman–Crippen LogP) is 1.28. The molecule has 64 valence electrons. The van der Waals surface area contributed by atoms with Crippen molar-refractivity contribution in [3.8, 4) is 11.5 Å². The molecule has 4 N–H and O–H groups in total. The molecule has 0 saturated heterocycles. The maximum Gasteiger partial charge on any atom is 0.119 e. The molecule has 0 heterocycles. The van der Waals surface area contributed by atoms with Crippen LogP contribution in [0.4, 0.5) is 0 Å². The van der Waals surface area contributed by atoms with E-state index in [2.05, 4.69) is 6.58 Å². The quantitative estimate of drug-likeness (QED) is 0.578. The maximum atomic E-state index is 9.09. The lowest BCUT2D eigenvalue weighted by Gasteiger charge is -2.07. The fourth-order valence-electron chi connectivity index (χ4n) is 0.947. The second-order valence-electron chi connectivity index (χ2n) is 2.54. The molecule has 12 heavy (non-hydrogen) atoms. The third kappa shape index (κ3) is 1.77. The summed E-state index contributed by atoms with van der Waals surface area (Å²) in [5.41, 5.74) is 6.23. The lowest BCUT2D eigenvalue weighted by molar-refractivity contribution is 0.449. The van der Waals surface area contributed by atoms with Gasteiger partial charge in [0.1, 0.15) is 11.5 Å². The number of hydrogen-bond acceptors (Lipinski definition) is 3. The van der Waals surface area contributed by atoms with Crippen molar-refractivity contribution in [2.45, 2.75) is 6.04 Å². The number of benzene rings is 1. The van der Waals surface area contributed by atoms with E-state index >= 15 is 0 Å². The highest BCUT2D eigenvalue weighted by Gasteiger charge is 2.03. The number of phenols is 2. The second kappa shape index (κ2) is 3.28. The zero-order chi connectivity index (χ0) is 9.14. The van der Waals surface area contributed by atoms with E-state index in [1.165, 1.54) is 24.3 Å². The third-order valence-corrected chi connectivity index (χ3v) is 1.56. The Morgan fingerprint density at radius 3 is 2.17 bits per heavy atom. The molecule has 1 aromatic carbocycles. The first-order chi connectivity index (χ1) is 5.63. The summed E-state index contributed by atoms with van der Waals surface area (Å²) in [7, 11) is 0. The Balaban J connectivity index is 3.08. The SMILES string of the molecule is C=CC(N)c1cc(O)cc(O)c1. The Bertz CT molecular complexity index is 276. The molecule has 0 spiro atoms.